The van der Waals surface area contributed by atoms with Crippen LogP contribution in [0.4, 0.5) is 15.8 Å². The molecular weight excluding hydrogens is 291 g/mol. The molecule has 1 aliphatic rings. The second-order valence-corrected chi connectivity index (χ2v) is 5.03. The summed E-state index contributed by atoms with van der Waals surface area (Å²) in [4.78, 5) is 24.1. The van der Waals surface area contributed by atoms with Gasteiger partial charge < -0.3 is 4.90 Å². The number of nitrogens with zero attached hydrogens (tertiary/aromatic N) is 4. The number of amides is 1. The molecular formula is C14H13FN4O3. The molecule has 2 heterocycles. The number of hydrogen-bond acceptors (Lipinski definition) is 4. The second kappa shape index (κ2) is 5.55. The molecule has 7 nitrogen and oxygen atoms in total. The molecule has 1 aliphatic heterocycles. The van der Waals surface area contributed by atoms with Crippen LogP contribution in [0, 0.1) is 15.9 Å². The predicted molar refractivity (Wildman–Crippen MR) is 75.9 cm³/mol. The molecule has 0 aliphatic carbocycles. The summed E-state index contributed by atoms with van der Waals surface area (Å²) in [6, 6.07) is 5.41. The van der Waals surface area contributed by atoms with E-state index in [1.807, 2.05) is 0 Å². The summed E-state index contributed by atoms with van der Waals surface area (Å²) in [5.41, 5.74) is 0.0506. The number of rotatable bonds is 3. The molecule has 1 atom stereocenters. The standard InChI is InChI=1S/C14H13FN4O3/c15-11-4-1-2-5-12(11)17-7-3-6-13(14(17)20)18-9-10(8-16-18)19(21)22/h1-2,4-5,8-9,13H,3,6-7H2/t13-/m1/s1. The van der Waals surface area contributed by atoms with E-state index in [0.29, 0.717) is 19.4 Å². The van der Waals surface area contributed by atoms with Crippen molar-refractivity contribution in [2.24, 2.45) is 0 Å². The van der Waals surface area contributed by atoms with Crippen LogP contribution in [0.25, 0.3) is 0 Å². The van der Waals surface area contributed by atoms with Gasteiger partial charge in [0.1, 0.15) is 24.3 Å². The zero-order valence-corrected chi connectivity index (χ0v) is 11.6. The van der Waals surface area contributed by atoms with Gasteiger partial charge in [0.05, 0.1) is 10.6 Å². The topological polar surface area (TPSA) is 81.3 Å². The molecule has 0 spiro atoms. The number of para-hydroxylation sites is 1. The van der Waals surface area contributed by atoms with E-state index in [4.69, 9.17) is 0 Å². The molecule has 0 radical (unpaired) electrons. The predicted octanol–water partition coefficient (Wildman–Crippen LogP) is 2.30. The average Bonchev–Trinajstić information content (AvgIpc) is 2.98. The van der Waals surface area contributed by atoms with Gasteiger partial charge in [0.2, 0.25) is 0 Å². The highest BCUT2D eigenvalue weighted by molar-refractivity contribution is 5.96. The van der Waals surface area contributed by atoms with Crippen molar-refractivity contribution in [3.63, 3.8) is 0 Å². The quantitative estimate of drug-likeness (QED) is 0.643. The fourth-order valence-corrected chi connectivity index (χ4v) is 2.60. The molecule has 1 aromatic carbocycles. The lowest BCUT2D eigenvalue weighted by molar-refractivity contribution is -0.385. The monoisotopic (exact) mass is 304 g/mol. The van der Waals surface area contributed by atoms with E-state index in [-0.39, 0.29) is 17.3 Å². The van der Waals surface area contributed by atoms with Crippen molar-refractivity contribution < 1.29 is 14.1 Å². The van der Waals surface area contributed by atoms with Crippen LogP contribution in [0.3, 0.4) is 0 Å². The Kier molecular flexibility index (Phi) is 3.58. The molecule has 0 saturated carbocycles. The Labute approximate surface area is 125 Å². The maximum absolute atomic E-state index is 13.9. The third-order valence-electron chi connectivity index (χ3n) is 3.67. The van der Waals surface area contributed by atoms with Gasteiger partial charge in [-0.15, -0.1) is 0 Å². The van der Waals surface area contributed by atoms with Gasteiger partial charge in [0, 0.05) is 6.54 Å². The Balaban J connectivity index is 1.89. The highest BCUT2D eigenvalue weighted by Crippen LogP contribution is 2.29. The van der Waals surface area contributed by atoms with Gasteiger partial charge in [-0.3, -0.25) is 19.6 Å². The van der Waals surface area contributed by atoms with E-state index in [2.05, 4.69) is 5.10 Å². The van der Waals surface area contributed by atoms with Crippen molar-refractivity contribution in [1.29, 1.82) is 0 Å². The fraction of sp³-hybridized carbons (Fsp3) is 0.286. The third-order valence-corrected chi connectivity index (χ3v) is 3.67. The molecule has 114 valence electrons. The van der Waals surface area contributed by atoms with Gasteiger partial charge in [-0.2, -0.15) is 5.10 Å². The van der Waals surface area contributed by atoms with Crippen LogP contribution < -0.4 is 4.90 Å². The summed E-state index contributed by atoms with van der Waals surface area (Å²) in [6.07, 6.45) is 3.52. The molecule has 3 rings (SSSR count). The number of halogens is 1. The number of hydrogen-bond donors (Lipinski definition) is 0. The zero-order chi connectivity index (χ0) is 15.7. The minimum absolute atomic E-state index is 0.171. The van der Waals surface area contributed by atoms with Gasteiger partial charge in [-0.1, -0.05) is 12.1 Å². The molecule has 8 heteroatoms. The number of aromatic nitrogens is 2. The molecule has 22 heavy (non-hydrogen) atoms. The van der Waals surface area contributed by atoms with Crippen LogP contribution in [0.1, 0.15) is 18.9 Å². The molecule has 1 saturated heterocycles. The minimum atomic E-state index is -0.651. The van der Waals surface area contributed by atoms with Gasteiger partial charge in [0.25, 0.3) is 5.91 Å². The Hall–Kier alpha value is -2.77. The van der Waals surface area contributed by atoms with Crippen molar-refractivity contribution in [3.8, 4) is 0 Å². The normalized spacial score (nSPS) is 18.5. The van der Waals surface area contributed by atoms with Gasteiger partial charge in [-0.05, 0) is 25.0 Å². The van der Waals surface area contributed by atoms with Crippen LogP contribution in [0.2, 0.25) is 0 Å². The van der Waals surface area contributed by atoms with E-state index >= 15 is 0 Å². The molecule has 1 amide bonds. The summed E-state index contributed by atoms with van der Waals surface area (Å²) in [5.74, 6) is -0.780. The summed E-state index contributed by atoms with van der Waals surface area (Å²) in [7, 11) is 0. The van der Waals surface area contributed by atoms with Gasteiger partial charge in [0.15, 0.2) is 0 Å². The van der Waals surface area contributed by atoms with Crippen LogP contribution in [0.15, 0.2) is 36.7 Å². The Bertz CT molecular complexity index is 730. The highest BCUT2D eigenvalue weighted by atomic mass is 19.1. The summed E-state index contributed by atoms with van der Waals surface area (Å²) >= 11 is 0. The van der Waals surface area contributed by atoms with Crippen molar-refractivity contribution >= 4 is 17.3 Å². The smallest absolute Gasteiger partial charge is 0.307 e. The lowest BCUT2D eigenvalue weighted by Gasteiger charge is -2.32. The maximum atomic E-state index is 13.9. The molecule has 1 fully saturated rings. The Morgan fingerprint density at radius 2 is 2.14 bits per heavy atom. The highest BCUT2D eigenvalue weighted by Gasteiger charge is 2.33. The van der Waals surface area contributed by atoms with Crippen LogP contribution >= 0.6 is 0 Å². The van der Waals surface area contributed by atoms with Crippen molar-refractivity contribution in [1.82, 2.24) is 9.78 Å². The molecule has 0 bridgehead atoms. The van der Waals surface area contributed by atoms with Gasteiger partial charge in [-0.25, -0.2) is 4.39 Å². The Morgan fingerprint density at radius 1 is 1.36 bits per heavy atom. The number of nitro groups is 1. The lowest BCUT2D eigenvalue weighted by Crippen LogP contribution is -2.42. The van der Waals surface area contributed by atoms with E-state index in [1.165, 1.54) is 21.8 Å². The molecule has 0 N–H and O–H groups in total. The SMILES string of the molecule is O=C1[C@H](n2cc([N+](=O)[O-])cn2)CCCN1c1ccccc1F. The van der Waals surface area contributed by atoms with E-state index in [1.54, 1.807) is 18.2 Å². The maximum Gasteiger partial charge on any atom is 0.307 e. The minimum Gasteiger partial charge on any atom is -0.308 e. The summed E-state index contributed by atoms with van der Waals surface area (Å²) in [5, 5.41) is 14.6. The van der Waals surface area contributed by atoms with E-state index < -0.39 is 16.8 Å². The summed E-state index contributed by atoms with van der Waals surface area (Å²) in [6.45, 7) is 0.416. The zero-order valence-electron chi connectivity index (χ0n) is 11.6. The number of anilines is 1. The first-order valence-corrected chi connectivity index (χ1v) is 6.82. The number of benzene rings is 1. The van der Waals surface area contributed by atoms with Crippen molar-refractivity contribution in [2.75, 3.05) is 11.4 Å². The van der Waals surface area contributed by atoms with Crippen molar-refractivity contribution in [2.45, 2.75) is 18.9 Å². The van der Waals surface area contributed by atoms with Crippen LogP contribution in [-0.2, 0) is 4.79 Å². The van der Waals surface area contributed by atoms with E-state index in [9.17, 15) is 19.3 Å². The lowest BCUT2D eigenvalue weighted by atomic mass is 10.0. The first-order valence-electron chi connectivity index (χ1n) is 6.82. The second-order valence-electron chi connectivity index (χ2n) is 5.03. The van der Waals surface area contributed by atoms with Crippen LogP contribution in [-0.4, -0.2) is 27.2 Å². The largest absolute Gasteiger partial charge is 0.308 e. The molecule has 0 unspecified atom stereocenters. The first-order chi connectivity index (χ1) is 10.6. The first kappa shape index (κ1) is 14.2. The number of carbonyl (C=O) groups excluding carboxylic acids is 1. The molecule has 2 aromatic rings. The third kappa shape index (κ3) is 2.43. The number of piperidine rings is 1. The number of carbonyl (C=O) groups is 1. The molecule has 1 aromatic heterocycles. The van der Waals surface area contributed by atoms with Crippen LogP contribution in [0.5, 0.6) is 0 Å². The van der Waals surface area contributed by atoms with E-state index in [0.717, 1.165) is 6.20 Å². The van der Waals surface area contributed by atoms with Crippen molar-refractivity contribution in [3.05, 3.63) is 52.6 Å². The summed E-state index contributed by atoms with van der Waals surface area (Å²) < 4.78 is 15.2. The fourth-order valence-electron chi connectivity index (χ4n) is 2.60. The van der Waals surface area contributed by atoms with Gasteiger partial charge >= 0.3 is 5.69 Å². The average molecular weight is 304 g/mol. The Morgan fingerprint density at radius 3 is 2.82 bits per heavy atom.